The fourth-order valence-electron chi connectivity index (χ4n) is 1.86. The van der Waals surface area contributed by atoms with Gasteiger partial charge in [-0.25, -0.2) is 0 Å². The van der Waals surface area contributed by atoms with Gasteiger partial charge in [-0.1, -0.05) is 26.0 Å². The van der Waals surface area contributed by atoms with E-state index in [4.69, 9.17) is 4.74 Å². The van der Waals surface area contributed by atoms with Gasteiger partial charge in [0.25, 0.3) is 0 Å². The van der Waals surface area contributed by atoms with E-state index >= 15 is 0 Å². The van der Waals surface area contributed by atoms with Crippen LogP contribution in [0.15, 0.2) is 18.2 Å². The fraction of sp³-hybridized carbons (Fsp3) is 0.462. The Bertz CT molecular complexity index is 380. The number of carbonyl (C=O) groups is 1. The van der Waals surface area contributed by atoms with Crippen LogP contribution in [0.25, 0.3) is 0 Å². The Kier molecular flexibility index (Phi) is 2.87. The highest BCUT2D eigenvalue weighted by Crippen LogP contribution is 2.21. The van der Waals surface area contributed by atoms with Crippen LogP contribution in [0.5, 0.6) is 0 Å². The molecule has 1 aromatic rings. The van der Waals surface area contributed by atoms with Crippen LogP contribution < -0.4 is 0 Å². The highest BCUT2D eigenvalue weighted by Gasteiger charge is 2.16. The number of ketones is 1. The lowest BCUT2D eigenvalue weighted by molar-refractivity contribution is 0.0788. The van der Waals surface area contributed by atoms with E-state index in [9.17, 15) is 4.79 Å². The molecule has 80 valence electrons. The molecule has 0 radical (unpaired) electrons. The zero-order valence-electron chi connectivity index (χ0n) is 9.25. The summed E-state index contributed by atoms with van der Waals surface area (Å²) in [5, 5.41) is 0. The average Bonchev–Trinajstić information content (AvgIpc) is 2.40. The van der Waals surface area contributed by atoms with Crippen molar-refractivity contribution < 1.29 is 9.53 Å². The van der Waals surface area contributed by atoms with Crippen molar-refractivity contribution in [3.8, 4) is 0 Å². The predicted octanol–water partition coefficient (Wildman–Crippen LogP) is 2.57. The second kappa shape index (κ2) is 4.15. The molecule has 1 aliphatic heterocycles. The van der Waals surface area contributed by atoms with E-state index in [0.29, 0.717) is 12.5 Å². The largest absolute Gasteiger partial charge is 0.373 e. The number of hydrogen-bond donors (Lipinski definition) is 0. The number of benzene rings is 1. The van der Waals surface area contributed by atoms with Gasteiger partial charge >= 0.3 is 0 Å². The quantitative estimate of drug-likeness (QED) is 0.702. The second-order valence-corrected chi connectivity index (χ2v) is 4.30. The van der Waals surface area contributed by atoms with E-state index < -0.39 is 0 Å². The molecular weight excluding hydrogens is 188 g/mol. The zero-order valence-corrected chi connectivity index (χ0v) is 9.25. The van der Waals surface area contributed by atoms with Crippen LogP contribution in [0.1, 0.15) is 41.3 Å². The maximum absolute atomic E-state index is 11.8. The van der Waals surface area contributed by atoms with Crippen molar-refractivity contribution in [2.24, 2.45) is 0 Å². The summed E-state index contributed by atoms with van der Waals surface area (Å²) in [4.78, 5) is 11.8. The van der Waals surface area contributed by atoms with Crippen molar-refractivity contribution in [1.29, 1.82) is 0 Å². The number of Topliss-reactive ketones (excluding diaryl/α,β-unsaturated/α-hetero) is 1. The molecule has 0 unspecified atom stereocenters. The highest BCUT2D eigenvalue weighted by atomic mass is 16.5. The number of carbonyl (C=O) groups excluding carboxylic acids is 1. The Morgan fingerprint density at radius 2 is 2.13 bits per heavy atom. The smallest absolute Gasteiger partial charge is 0.188 e. The first-order valence-electron chi connectivity index (χ1n) is 5.42. The molecule has 0 spiro atoms. The van der Waals surface area contributed by atoms with E-state index in [-0.39, 0.29) is 12.4 Å². The summed E-state index contributed by atoms with van der Waals surface area (Å²) < 4.78 is 5.24. The van der Waals surface area contributed by atoms with Crippen molar-refractivity contribution in [2.75, 3.05) is 13.2 Å². The molecule has 0 aliphatic carbocycles. The third-order valence-corrected chi connectivity index (χ3v) is 2.85. The predicted molar refractivity (Wildman–Crippen MR) is 59.4 cm³/mol. The van der Waals surface area contributed by atoms with E-state index in [0.717, 1.165) is 17.5 Å². The van der Waals surface area contributed by atoms with Crippen LogP contribution in [0.2, 0.25) is 0 Å². The van der Waals surface area contributed by atoms with E-state index in [1.165, 1.54) is 5.56 Å². The van der Waals surface area contributed by atoms with Crippen LogP contribution in [0.3, 0.4) is 0 Å². The van der Waals surface area contributed by atoms with Crippen LogP contribution >= 0.6 is 0 Å². The van der Waals surface area contributed by atoms with Crippen LogP contribution in [0.4, 0.5) is 0 Å². The average molecular weight is 204 g/mol. The number of ether oxygens (including phenoxy) is 1. The molecule has 0 saturated carbocycles. The molecule has 1 heterocycles. The summed E-state index contributed by atoms with van der Waals surface area (Å²) in [7, 11) is 0. The minimum atomic E-state index is 0.116. The van der Waals surface area contributed by atoms with Gasteiger partial charge in [-0.2, -0.15) is 0 Å². The molecule has 2 nitrogen and oxygen atoms in total. The topological polar surface area (TPSA) is 26.3 Å². The van der Waals surface area contributed by atoms with Gasteiger partial charge in [0, 0.05) is 5.56 Å². The summed E-state index contributed by atoms with van der Waals surface area (Å²) in [5.41, 5.74) is 3.21. The Hall–Kier alpha value is -1.15. The van der Waals surface area contributed by atoms with Crippen molar-refractivity contribution in [3.63, 3.8) is 0 Å². The maximum Gasteiger partial charge on any atom is 0.188 e. The summed E-state index contributed by atoms with van der Waals surface area (Å²) in [5.74, 6) is 0.581. The number of rotatable bonds is 1. The summed E-state index contributed by atoms with van der Waals surface area (Å²) in [6.07, 6.45) is 0.847. The first kappa shape index (κ1) is 10.4. The SMILES string of the molecule is CC(C)c1ccc2c(c1)C(=O)COCC2. The highest BCUT2D eigenvalue weighted by molar-refractivity contribution is 5.98. The summed E-state index contributed by atoms with van der Waals surface area (Å²) >= 11 is 0. The Labute approximate surface area is 90.3 Å². The monoisotopic (exact) mass is 204 g/mol. The molecule has 0 amide bonds. The lowest BCUT2D eigenvalue weighted by Gasteiger charge is -2.09. The van der Waals surface area contributed by atoms with Gasteiger partial charge in [0.2, 0.25) is 0 Å². The lowest BCUT2D eigenvalue weighted by atomic mass is 9.94. The molecule has 2 rings (SSSR count). The van der Waals surface area contributed by atoms with Crippen molar-refractivity contribution in [1.82, 2.24) is 0 Å². The molecule has 0 N–H and O–H groups in total. The third-order valence-electron chi connectivity index (χ3n) is 2.85. The molecule has 2 heteroatoms. The minimum Gasteiger partial charge on any atom is -0.373 e. The summed E-state index contributed by atoms with van der Waals surface area (Å²) in [6.45, 7) is 5.16. The molecule has 0 fully saturated rings. The van der Waals surface area contributed by atoms with Crippen molar-refractivity contribution >= 4 is 5.78 Å². The molecule has 0 atom stereocenters. The first-order valence-corrected chi connectivity index (χ1v) is 5.42. The normalized spacial score (nSPS) is 16.3. The van der Waals surface area contributed by atoms with Gasteiger partial charge < -0.3 is 4.74 Å². The van der Waals surface area contributed by atoms with Gasteiger partial charge in [-0.05, 0) is 29.5 Å². The van der Waals surface area contributed by atoms with E-state index in [1.54, 1.807) is 0 Å². The molecule has 1 aromatic carbocycles. The van der Waals surface area contributed by atoms with Gasteiger partial charge in [0.15, 0.2) is 5.78 Å². The molecule has 0 bridgehead atoms. The standard InChI is InChI=1S/C13H16O2/c1-9(2)11-4-3-10-5-6-15-8-13(14)12(10)7-11/h3-4,7,9H,5-6,8H2,1-2H3. The van der Waals surface area contributed by atoms with Crippen LogP contribution in [0, 0.1) is 0 Å². The lowest BCUT2D eigenvalue weighted by Crippen LogP contribution is -2.07. The molecule has 0 aromatic heterocycles. The van der Waals surface area contributed by atoms with Gasteiger partial charge in [0.1, 0.15) is 6.61 Å². The van der Waals surface area contributed by atoms with Gasteiger partial charge in [-0.15, -0.1) is 0 Å². The van der Waals surface area contributed by atoms with E-state index in [1.807, 2.05) is 6.07 Å². The molecule has 15 heavy (non-hydrogen) atoms. The van der Waals surface area contributed by atoms with Crippen LogP contribution in [-0.2, 0) is 11.2 Å². The third kappa shape index (κ3) is 2.10. The Morgan fingerprint density at radius 1 is 1.33 bits per heavy atom. The van der Waals surface area contributed by atoms with Crippen LogP contribution in [-0.4, -0.2) is 19.0 Å². The minimum absolute atomic E-state index is 0.116. The Balaban J connectivity index is 2.44. The van der Waals surface area contributed by atoms with Gasteiger partial charge in [-0.3, -0.25) is 4.79 Å². The van der Waals surface area contributed by atoms with Crippen molar-refractivity contribution in [2.45, 2.75) is 26.2 Å². The molecular formula is C13H16O2. The number of fused-ring (bicyclic) bond motifs is 1. The van der Waals surface area contributed by atoms with Crippen molar-refractivity contribution in [3.05, 3.63) is 34.9 Å². The number of hydrogen-bond acceptors (Lipinski definition) is 2. The Morgan fingerprint density at radius 3 is 2.87 bits per heavy atom. The second-order valence-electron chi connectivity index (χ2n) is 4.30. The fourth-order valence-corrected chi connectivity index (χ4v) is 1.86. The maximum atomic E-state index is 11.8. The zero-order chi connectivity index (χ0) is 10.8. The molecule has 1 aliphatic rings. The first-order chi connectivity index (χ1) is 7.18. The summed E-state index contributed by atoms with van der Waals surface area (Å²) in [6, 6.07) is 6.20. The van der Waals surface area contributed by atoms with Gasteiger partial charge in [0.05, 0.1) is 6.61 Å². The molecule has 0 saturated heterocycles. The van der Waals surface area contributed by atoms with E-state index in [2.05, 4.69) is 26.0 Å².